The first kappa shape index (κ1) is 29.4. The van der Waals surface area contributed by atoms with Crippen molar-refractivity contribution in [3.8, 4) is 0 Å². The molecule has 2 aromatic carbocycles. The second-order valence-corrected chi connectivity index (χ2v) is 13.2. The Balaban J connectivity index is 1.25. The summed E-state index contributed by atoms with van der Waals surface area (Å²) < 4.78 is 29.1. The van der Waals surface area contributed by atoms with Crippen molar-refractivity contribution in [1.82, 2.24) is 0 Å². The Kier molecular flexibility index (Phi) is 8.88. The van der Waals surface area contributed by atoms with Crippen LogP contribution in [0.4, 0.5) is 0 Å². The van der Waals surface area contributed by atoms with Crippen LogP contribution in [0, 0.1) is 11.3 Å². The van der Waals surface area contributed by atoms with Gasteiger partial charge in [0.25, 0.3) is 6.23 Å². The number of benzene rings is 2. The van der Waals surface area contributed by atoms with Crippen molar-refractivity contribution in [2.75, 3.05) is 33.4 Å². The van der Waals surface area contributed by atoms with Crippen LogP contribution in [0.5, 0.6) is 0 Å². The van der Waals surface area contributed by atoms with Gasteiger partial charge in [-0.2, -0.15) is 9.15 Å². The fourth-order valence-corrected chi connectivity index (χ4v) is 6.71. The third-order valence-electron chi connectivity index (χ3n) is 8.16. The molecule has 0 saturated heterocycles. The Morgan fingerprint density at radius 3 is 2.46 bits per heavy atom. The molecule has 3 aliphatic heterocycles. The molecular weight excluding hydrogens is 512 g/mol. The van der Waals surface area contributed by atoms with Crippen LogP contribution in [-0.2, 0) is 25.4 Å². The van der Waals surface area contributed by atoms with Crippen molar-refractivity contribution in [2.45, 2.75) is 79.2 Å². The Hall–Kier alpha value is -3.12. The van der Waals surface area contributed by atoms with Crippen molar-refractivity contribution in [3.63, 3.8) is 0 Å². The van der Waals surface area contributed by atoms with Crippen LogP contribution < -0.4 is 0 Å². The fraction of sp³-hybridized carbons (Fsp3) is 0.543. The molecule has 0 aromatic heterocycles. The van der Waals surface area contributed by atoms with E-state index in [0.717, 1.165) is 61.0 Å². The van der Waals surface area contributed by atoms with Gasteiger partial charge in [-0.15, -0.1) is 0 Å². The molecule has 3 atom stereocenters. The number of likely N-dealkylation sites (N-methyl/N-ethyl adjacent to an activating group) is 1. The van der Waals surface area contributed by atoms with Gasteiger partial charge in [0.2, 0.25) is 0 Å². The fourth-order valence-electron chi connectivity index (χ4n) is 6.71. The molecule has 3 heterocycles. The van der Waals surface area contributed by atoms with E-state index in [9.17, 15) is 0 Å². The molecule has 6 nitrogen and oxygen atoms in total. The lowest BCUT2D eigenvalue weighted by atomic mass is 9.78. The summed E-state index contributed by atoms with van der Waals surface area (Å²) in [5, 5.41) is 0. The monoisotopic (exact) mass is 560 g/mol. The summed E-state index contributed by atoms with van der Waals surface area (Å²) in [7, 11) is 2.09. The van der Waals surface area contributed by atoms with E-state index in [1.54, 1.807) is 0 Å². The van der Waals surface area contributed by atoms with E-state index in [-0.39, 0.29) is 23.9 Å². The molecule has 6 heteroatoms. The number of hydrogen-bond donors (Lipinski definition) is 0. The molecule has 0 amide bonds. The van der Waals surface area contributed by atoms with Gasteiger partial charge in [-0.25, -0.2) is 0 Å². The summed E-state index contributed by atoms with van der Waals surface area (Å²) in [6.45, 7) is 16.8. The van der Waals surface area contributed by atoms with Gasteiger partial charge in [0.05, 0.1) is 35.2 Å². The van der Waals surface area contributed by atoms with Crippen LogP contribution in [0.3, 0.4) is 0 Å². The maximum absolute atomic E-state index is 6.57. The average molecular weight is 561 g/mol. The average Bonchev–Trinajstić information content (AvgIpc) is 3.61. The predicted octanol–water partition coefficient (Wildman–Crippen LogP) is 6.39. The number of fused-ring (bicyclic) bond motifs is 2. The first-order valence-corrected chi connectivity index (χ1v) is 15.3. The lowest BCUT2D eigenvalue weighted by molar-refractivity contribution is -0.612. The highest BCUT2D eigenvalue weighted by atomic mass is 16.5. The largest absolute Gasteiger partial charge is 0.498 e. The molecule has 3 unspecified atom stereocenters. The molecule has 5 rings (SSSR count). The van der Waals surface area contributed by atoms with Gasteiger partial charge in [0, 0.05) is 6.42 Å². The van der Waals surface area contributed by atoms with Crippen molar-refractivity contribution >= 4 is 17.9 Å². The van der Waals surface area contributed by atoms with Crippen LogP contribution in [0.1, 0.15) is 88.4 Å². The maximum atomic E-state index is 6.57. The first-order chi connectivity index (χ1) is 19.6. The van der Waals surface area contributed by atoms with Crippen LogP contribution in [-0.4, -0.2) is 66.5 Å². The molecule has 0 aliphatic carbocycles. The number of rotatable bonds is 12. The topological polar surface area (TPSA) is 42.9 Å². The first-order valence-electron chi connectivity index (χ1n) is 15.3. The zero-order valence-electron chi connectivity index (χ0n) is 26.0. The summed E-state index contributed by atoms with van der Waals surface area (Å²) >= 11 is 0. The van der Waals surface area contributed by atoms with E-state index < -0.39 is 0 Å². The smallest absolute Gasteiger partial charge is 0.373 e. The van der Waals surface area contributed by atoms with Gasteiger partial charge in [0.1, 0.15) is 7.05 Å². The minimum Gasteiger partial charge on any atom is -0.498 e. The van der Waals surface area contributed by atoms with E-state index >= 15 is 0 Å². The highest BCUT2D eigenvalue weighted by molar-refractivity contribution is 5.95. The van der Waals surface area contributed by atoms with E-state index in [1.165, 1.54) is 17.5 Å². The van der Waals surface area contributed by atoms with Crippen LogP contribution in [0.15, 0.2) is 48.7 Å². The summed E-state index contributed by atoms with van der Waals surface area (Å²) in [6, 6.07) is 15.2. The minimum absolute atomic E-state index is 0.00541. The van der Waals surface area contributed by atoms with Gasteiger partial charge in [-0.05, 0) is 73.4 Å². The predicted molar refractivity (Wildman–Crippen MR) is 164 cm³/mol. The lowest BCUT2D eigenvalue weighted by Gasteiger charge is -2.27. The van der Waals surface area contributed by atoms with Gasteiger partial charge >= 0.3 is 11.8 Å². The number of nitrogens with zero attached hydrogens (tertiary/aromatic N) is 2. The quantitative estimate of drug-likeness (QED) is 0.223. The Morgan fingerprint density at radius 1 is 0.951 bits per heavy atom. The van der Waals surface area contributed by atoms with Gasteiger partial charge in [0.15, 0.2) is 26.3 Å². The van der Waals surface area contributed by atoms with Crippen molar-refractivity contribution in [3.05, 3.63) is 76.5 Å². The summed E-state index contributed by atoms with van der Waals surface area (Å²) in [5.74, 6) is 2.56. The lowest BCUT2D eigenvalue weighted by Crippen LogP contribution is -2.25. The van der Waals surface area contributed by atoms with Crippen LogP contribution in [0.25, 0.3) is 6.08 Å². The second kappa shape index (κ2) is 12.4. The Labute approximate surface area is 246 Å². The summed E-state index contributed by atoms with van der Waals surface area (Å²) in [6.07, 6.45) is 6.88. The molecule has 3 aliphatic rings. The highest BCUT2D eigenvalue weighted by Gasteiger charge is 2.44. The van der Waals surface area contributed by atoms with Crippen molar-refractivity contribution in [2.24, 2.45) is 11.3 Å². The molecule has 0 fully saturated rings. The third-order valence-corrected chi connectivity index (χ3v) is 8.16. The molecule has 2 aromatic rings. The number of ether oxygens (including phenoxy) is 4. The second-order valence-electron chi connectivity index (χ2n) is 13.2. The summed E-state index contributed by atoms with van der Waals surface area (Å²) in [5.41, 5.74) is 6.15. The van der Waals surface area contributed by atoms with Crippen LogP contribution in [0.2, 0.25) is 0 Å². The van der Waals surface area contributed by atoms with Crippen molar-refractivity contribution < 1.29 is 28.1 Å². The Morgan fingerprint density at radius 2 is 1.71 bits per heavy atom. The van der Waals surface area contributed by atoms with Crippen LogP contribution >= 0.6 is 0 Å². The molecule has 0 radical (unpaired) electrons. The van der Waals surface area contributed by atoms with E-state index in [4.69, 9.17) is 18.9 Å². The molecular formula is C35H48N2O4+2. The molecule has 220 valence electrons. The van der Waals surface area contributed by atoms with E-state index in [2.05, 4.69) is 106 Å². The molecule has 0 N–H and O–H groups in total. The molecule has 41 heavy (non-hydrogen) atoms. The minimum atomic E-state index is -0.105. The summed E-state index contributed by atoms with van der Waals surface area (Å²) in [4.78, 5) is 0. The van der Waals surface area contributed by atoms with Gasteiger partial charge in [-0.3, -0.25) is 0 Å². The molecule has 0 saturated carbocycles. The standard InChI is InChI=1S/C35H48N2O4/c1-24(2)22-35(5,6)23-27-12-13-29(32-36(7)15-18-39-32)28(21-27)14-17-38-25(3)20-26(4)41-34-31-11-9-8-10-30(31)33-37(34)16-19-40-33/h8-14,17,21,24-26,34H,15-16,18-20,22-23H2,1-7H3/q+2. The molecule has 0 bridgehead atoms. The zero-order chi connectivity index (χ0) is 29.1. The van der Waals surface area contributed by atoms with Gasteiger partial charge in [-0.1, -0.05) is 52.0 Å². The maximum Gasteiger partial charge on any atom is 0.373 e. The normalized spacial score (nSPS) is 20.0. The highest BCUT2D eigenvalue weighted by Crippen LogP contribution is 2.34. The Bertz CT molecular complexity index is 1340. The van der Waals surface area contributed by atoms with Crippen molar-refractivity contribution in [1.29, 1.82) is 0 Å². The third kappa shape index (κ3) is 6.86. The SMILES string of the molecule is CC(C)CC(C)(C)Cc1ccc(C2=[N+](C)CCO2)c(C=COC(C)CC(C)OC2c3ccccc3C3=[N+]2CCO3)c1. The van der Waals surface area contributed by atoms with E-state index in [1.807, 2.05) is 6.26 Å². The molecule has 0 spiro atoms. The number of hydrogen-bond acceptors (Lipinski definition) is 4. The zero-order valence-corrected chi connectivity index (χ0v) is 26.0. The van der Waals surface area contributed by atoms with Gasteiger partial charge < -0.3 is 18.9 Å². The van der Waals surface area contributed by atoms with E-state index in [0.29, 0.717) is 12.5 Å².